The minimum Gasteiger partial charge on any atom is -0.480 e. The smallest absolute Gasteiger partial charge is 0.317 e. The molecule has 0 saturated carbocycles. The molecule has 0 amide bonds. The lowest BCUT2D eigenvalue weighted by atomic mass is 10.2. The van der Waals surface area contributed by atoms with Crippen LogP contribution < -0.4 is 5.73 Å². The van der Waals surface area contributed by atoms with Gasteiger partial charge in [0.05, 0.1) is 6.54 Å². The molecule has 1 aromatic carbocycles. The largest absolute Gasteiger partial charge is 0.480 e. The Morgan fingerprint density at radius 2 is 1.89 bits per heavy atom. The third-order valence-corrected chi connectivity index (χ3v) is 2.51. The summed E-state index contributed by atoms with van der Waals surface area (Å²) in [6, 6.07) is 9.97. The second-order valence-electron chi connectivity index (χ2n) is 4.36. The van der Waals surface area contributed by atoms with Crippen LogP contribution in [0.5, 0.6) is 0 Å². The Kier molecular flexibility index (Phi) is 11.9. The monoisotopic (exact) mass is 308 g/mol. The molecule has 6 heteroatoms. The molecule has 0 aliphatic heterocycles. The van der Waals surface area contributed by atoms with E-state index in [2.05, 4.69) is 0 Å². The van der Waals surface area contributed by atoms with Gasteiger partial charge in [-0.25, -0.2) is 0 Å². The molecule has 0 aliphatic carbocycles. The number of halogens is 2. The molecule has 0 heterocycles. The van der Waals surface area contributed by atoms with Gasteiger partial charge in [0.2, 0.25) is 0 Å². The number of carbonyl (C=O) groups is 1. The molecule has 4 nitrogen and oxygen atoms in total. The van der Waals surface area contributed by atoms with Gasteiger partial charge in [-0.1, -0.05) is 30.3 Å². The van der Waals surface area contributed by atoms with Crippen molar-refractivity contribution in [3.05, 3.63) is 35.9 Å². The molecule has 0 bridgehead atoms. The van der Waals surface area contributed by atoms with Crippen molar-refractivity contribution < 1.29 is 9.90 Å². The Bertz CT molecular complexity index is 348. The van der Waals surface area contributed by atoms with Crippen molar-refractivity contribution >= 4 is 30.8 Å². The Balaban J connectivity index is 0. The molecule has 1 unspecified atom stereocenters. The maximum absolute atomic E-state index is 10.8. The lowest BCUT2D eigenvalue weighted by Gasteiger charge is -2.21. The van der Waals surface area contributed by atoms with Gasteiger partial charge in [-0.2, -0.15) is 0 Å². The Morgan fingerprint density at radius 3 is 2.37 bits per heavy atom. The number of nitrogens with zero attached hydrogens (tertiary/aromatic N) is 1. The van der Waals surface area contributed by atoms with Gasteiger partial charge >= 0.3 is 5.97 Å². The van der Waals surface area contributed by atoms with Crippen LogP contribution in [-0.4, -0.2) is 35.1 Å². The SMILES string of the molecule is CC(N)CCN(CC(=O)O)Cc1ccccc1.Cl.Cl. The van der Waals surface area contributed by atoms with Crippen molar-refractivity contribution in [2.75, 3.05) is 13.1 Å². The van der Waals surface area contributed by atoms with E-state index in [0.29, 0.717) is 13.1 Å². The van der Waals surface area contributed by atoms with Crippen LogP contribution in [0.4, 0.5) is 0 Å². The van der Waals surface area contributed by atoms with Gasteiger partial charge in [0, 0.05) is 19.1 Å². The quantitative estimate of drug-likeness (QED) is 0.810. The summed E-state index contributed by atoms with van der Waals surface area (Å²) in [7, 11) is 0. The summed E-state index contributed by atoms with van der Waals surface area (Å²) in [5, 5.41) is 8.85. The molecule has 0 aromatic heterocycles. The molecule has 0 aliphatic rings. The molecule has 1 atom stereocenters. The van der Waals surface area contributed by atoms with E-state index in [1.165, 1.54) is 0 Å². The zero-order valence-corrected chi connectivity index (χ0v) is 12.6. The molecule has 0 radical (unpaired) electrons. The van der Waals surface area contributed by atoms with Crippen molar-refractivity contribution in [1.29, 1.82) is 0 Å². The van der Waals surface area contributed by atoms with Crippen LogP contribution in [-0.2, 0) is 11.3 Å². The highest BCUT2D eigenvalue weighted by Crippen LogP contribution is 2.05. The van der Waals surface area contributed by atoms with Gasteiger partial charge in [-0.3, -0.25) is 9.69 Å². The maximum Gasteiger partial charge on any atom is 0.317 e. The highest BCUT2D eigenvalue weighted by Gasteiger charge is 2.10. The number of rotatable bonds is 7. The fraction of sp³-hybridized carbons (Fsp3) is 0.462. The number of nitrogens with two attached hydrogens (primary N) is 1. The number of carboxylic acid groups (broad SMARTS) is 1. The third kappa shape index (κ3) is 9.73. The van der Waals surface area contributed by atoms with Gasteiger partial charge < -0.3 is 10.8 Å². The van der Waals surface area contributed by atoms with Crippen molar-refractivity contribution in [3.8, 4) is 0 Å². The van der Waals surface area contributed by atoms with Crippen molar-refractivity contribution in [2.24, 2.45) is 5.73 Å². The summed E-state index contributed by atoms with van der Waals surface area (Å²) < 4.78 is 0. The third-order valence-electron chi connectivity index (χ3n) is 2.51. The first-order valence-corrected chi connectivity index (χ1v) is 5.81. The normalized spacial score (nSPS) is 11.3. The number of hydrogen-bond donors (Lipinski definition) is 2. The van der Waals surface area contributed by atoms with E-state index in [1.807, 2.05) is 42.2 Å². The van der Waals surface area contributed by atoms with E-state index >= 15 is 0 Å². The summed E-state index contributed by atoms with van der Waals surface area (Å²) in [6.45, 7) is 3.35. The number of aliphatic carboxylic acids is 1. The molecule has 0 saturated heterocycles. The van der Waals surface area contributed by atoms with Crippen LogP contribution in [0.2, 0.25) is 0 Å². The zero-order chi connectivity index (χ0) is 12.7. The topological polar surface area (TPSA) is 66.6 Å². The van der Waals surface area contributed by atoms with Crippen LogP contribution in [0, 0.1) is 0 Å². The molecule has 1 rings (SSSR count). The summed E-state index contributed by atoms with van der Waals surface area (Å²) in [6.07, 6.45) is 0.806. The molecule has 0 fully saturated rings. The predicted molar refractivity (Wildman–Crippen MR) is 82.1 cm³/mol. The first kappa shape index (κ1) is 20.5. The minimum atomic E-state index is -0.800. The van der Waals surface area contributed by atoms with Crippen molar-refractivity contribution in [3.63, 3.8) is 0 Å². The van der Waals surface area contributed by atoms with Crippen LogP contribution in [0.25, 0.3) is 0 Å². The van der Waals surface area contributed by atoms with Crippen molar-refractivity contribution in [2.45, 2.75) is 25.9 Å². The lowest BCUT2D eigenvalue weighted by molar-refractivity contribution is -0.138. The standard InChI is InChI=1S/C13H20N2O2.2ClH/c1-11(14)7-8-15(10-13(16)17)9-12-5-3-2-4-6-12;;/h2-6,11H,7-10,14H2,1H3,(H,16,17);2*1H. The second-order valence-corrected chi connectivity index (χ2v) is 4.36. The summed E-state index contributed by atoms with van der Waals surface area (Å²) in [5.74, 6) is -0.800. The highest BCUT2D eigenvalue weighted by molar-refractivity contribution is 5.85. The van der Waals surface area contributed by atoms with E-state index in [-0.39, 0.29) is 37.4 Å². The average molecular weight is 309 g/mol. The molecular formula is C13H22Cl2N2O2. The van der Waals surface area contributed by atoms with Crippen molar-refractivity contribution in [1.82, 2.24) is 4.90 Å². The number of benzene rings is 1. The van der Waals surface area contributed by atoms with E-state index < -0.39 is 5.97 Å². The molecule has 0 spiro atoms. The van der Waals surface area contributed by atoms with Gasteiger partial charge in [0.25, 0.3) is 0 Å². The average Bonchev–Trinajstić information content (AvgIpc) is 2.26. The van der Waals surface area contributed by atoms with Crippen LogP contribution in [0.1, 0.15) is 18.9 Å². The van der Waals surface area contributed by atoms with Gasteiger partial charge in [0.1, 0.15) is 0 Å². The van der Waals surface area contributed by atoms with Crippen LogP contribution in [0.15, 0.2) is 30.3 Å². The van der Waals surface area contributed by atoms with Gasteiger partial charge in [-0.05, 0) is 18.9 Å². The highest BCUT2D eigenvalue weighted by atomic mass is 35.5. The zero-order valence-electron chi connectivity index (χ0n) is 11.0. The molecule has 1 aromatic rings. The second kappa shape index (κ2) is 11.1. The van der Waals surface area contributed by atoms with E-state index in [4.69, 9.17) is 10.8 Å². The van der Waals surface area contributed by atoms with Crippen LogP contribution >= 0.6 is 24.8 Å². The molecule has 3 N–H and O–H groups in total. The van der Waals surface area contributed by atoms with Crippen LogP contribution in [0.3, 0.4) is 0 Å². The molecular weight excluding hydrogens is 287 g/mol. The number of hydrogen-bond acceptors (Lipinski definition) is 3. The van der Waals surface area contributed by atoms with E-state index in [1.54, 1.807) is 0 Å². The first-order valence-electron chi connectivity index (χ1n) is 5.81. The Hall–Kier alpha value is -0.810. The fourth-order valence-electron chi connectivity index (χ4n) is 1.63. The first-order chi connectivity index (χ1) is 8.08. The number of carboxylic acids is 1. The molecule has 19 heavy (non-hydrogen) atoms. The van der Waals surface area contributed by atoms with E-state index in [0.717, 1.165) is 12.0 Å². The van der Waals surface area contributed by atoms with Gasteiger partial charge in [-0.15, -0.1) is 24.8 Å². The summed E-state index contributed by atoms with van der Waals surface area (Å²) in [5.41, 5.74) is 6.81. The Labute approximate surface area is 126 Å². The molecule has 110 valence electrons. The Morgan fingerprint density at radius 1 is 1.32 bits per heavy atom. The predicted octanol–water partition coefficient (Wildman–Crippen LogP) is 2.15. The minimum absolute atomic E-state index is 0. The van der Waals surface area contributed by atoms with Gasteiger partial charge in [0.15, 0.2) is 0 Å². The maximum atomic E-state index is 10.8. The lowest BCUT2D eigenvalue weighted by Crippen LogP contribution is -2.33. The fourth-order valence-corrected chi connectivity index (χ4v) is 1.63. The van der Waals surface area contributed by atoms with E-state index in [9.17, 15) is 4.79 Å². The summed E-state index contributed by atoms with van der Waals surface area (Å²) >= 11 is 0. The summed E-state index contributed by atoms with van der Waals surface area (Å²) in [4.78, 5) is 12.7.